The second kappa shape index (κ2) is 6.22. The van der Waals surface area contributed by atoms with Gasteiger partial charge in [0.05, 0.1) is 6.04 Å². The van der Waals surface area contributed by atoms with Gasteiger partial charge in [0.15, 0.2) is 0 Å². The Hall–Kier alpha value is -1.95. The summed E-state index contributed by atoms with van der Waals surface area (Å²) in [5.41, 5.74) is 1.07. The third kappa shape index (κ3) is 3.39. The van der Waals surface area contributed by atoms with Crippen molar-refractivity contribution in [3.05, 3.63) is 35.4 Å². The molecule has 1 saturated heterocycles. The van der Waals surface area contributed by atoms with Crippen molar-refractivity contribution in [1.29, 1.82) is 0 Å². The Morgan fingerprint density at radius 3 is 2.76 bits per heavy atom. The molecule has 1 unspecified atom stereocenters. The van der Waals surface area contributed by atoms with Crippen LogP contribution in [0.5, 0.6) is 0 Å². The fourth-order valence-corrected chi connectivity index (χ4v) is 2.53. The second-order valence-electron chi connectivity index (χ2n) is 5.07. The summed E-state index contributed by atoms with van der Waals surface area (Å²) in [4.78, 5) is 19.1. The van der Waals surface area contributed by atoms with Crippen LogP contribution in [0.25, 0.3) is 0 Å². The van der Waals surface area contributed by atoms with Gasteiger partial charge in [0.25, 0.3) is 0 Å². The van der Waals surface area contributed by atoms with Crippen LogP contribution in [0, 0.1) is 0 Å². The average molecular weight is 305 g/mol. The van der Waals surface area contributed by atoms with Crippen LogP contribution in [0.15, 0.2) is 24.5 Å². The summed E-state index contributed by atoms with van der Waals surface area (Å²) in [6.45, 7) is 3.97. The Kier molecular flexibility index (Phi) is 4.15. The normalized spacial score (nSPS) is 16.0. The molecule has 1 aliphatic heterocycles. The summed E-state index contributed by atoms with van der Waals surface area (Å²) in [5.74, 6) is 1.14. The number of hydrogen-bond acceptors (Lipinski definition) is 6. The molecule has 21 heavy (non-hydrogen) atoms. The quantitative estimate of drug-likeness (QED) is 0.937. The van der Waals surface area contributed by atoms with E-state index in [0.29, 0.717) is 11.9 Å². The van der Waals surface area contributed by atoms with Gasteiger partial charge in [-0.1, -0.05) is 6.07 Å². The summed E-state index contributed by atoms with van der Waals surface area (Å²) < 4.78 is 0. The lowest BCUT2D eigenvalue weighted by molar-refractivity contribution is 0.830. The van der Waals surface area contributed by atoms with Crippen LogP contribution in [0.1, 0.15) is 31.4 Å². The molecule has 1 aliphatic rings. The van der Waals surface area contributed by atoms with Gasteiger partial charge in [-0.3, -0.25) is 4.98 Å². The average Bonchev–Trinajstić information content (AvgIpc) is 3.02. The van der Waals surface area contributed by atoms with Gasteiger partial charge in [0.2, 0.25) is 17.2 Å². The number of nitrogens with one attached hydrogen (secondary N) is 1. The molecule has 0 aliphatic carbocycles. The Bertz CT molecular complexity index is 600. The van der Waals surface area contributed by atoms with Crippen molar-refractivity contribution >= 4 is 23.5 Å². The minimum Gasteiger partial charge on any atom is -0.347 e. The van der Waals surface area contributed by atoms with Gasteiger partial charge in [-0.25, -0.2) is 0 Å². The molecule has 6 nitrogen and oxygen atoms in total. The monoisotopic (exact) mass is 304 g/mol. The molecule has 3 rings (SSSR count). The van der Waals surface area contributed by atoms with Gasteiger partial charge >= 0.3 is 0 Å². The van der Waals surface area contributed by atoms with Gasteiger partial charge in [-0.2, -0.15) is 15.0 Å². The zero-order valence-corrected chi connectivity index (χ0v) is 12.6. The third-order valence-corrected chi connectivity index (χ3v) is 3.68. The van der Waals surface area contributed by atoms with E-state index in [-0.39, 0.29) is 11.3 Å². The second-order valence-corrected chi connectivity index (χ2v) is 5.41. The fraction of sp³-hybridized carbons (Fsp3) is 0.429. The molecule has 0 radical (unpaired) electrons. The van der Waals surface area contributed by atoms with Gasteiger partial charge in [0, 0.05) is 25.5 Å². The van der Waals surface area contributed by atoms with E-state index in [0.717, 1.165) is 31.5 Å². The molecular weight excluding hydrogens is 288 g/mol. The molecular formula is C14H17ClN6. The summed E-state index contributed by atoms with van der Waals surface area (Å²) in [7, 11) is 0. The predicted molar refractivity (Wildman–Crippen MR) is 82.6 cm³/mol. The van der Waals surface area contributed by atoms with Gasteiger partial charge < -0.3 is 10.2 Å². The zero-order valence-electron chi connectivity index (χ0n) is 11.8. The van der Waals surface area contributed by atoms with Crippen molar-refractivity contribution in [3.8, 4) is 0 Å². The maximum Gasteiger partial charge on any atom is 0.231 e. The lowest BCUT2D eigenvalue weighted by atomic mass is 10.1. The number of rotatable bonds is 4. The standard InChI is InChI=1S/C14H17ClN6/c1-10(11-5-4-6-16-9-11)17-13-18-12(15)19-14(20-13)21-7-2-3-8-21/h4-6,9-10H,2-3,7-8H2,1H3,(H,17,18,19,20). The topological polar surface area (TPSA) is 66.8 Å². The van der Waals surface area contributed by atoms with Crippen LogP contribution in [-0.4, -0.2) is 33.0 Å². The van der Waals surface area contributed by atoms with Crippen LogP contribution in [0.4, 0.5) is 11.9 Å². The Morgan fingerprint density at radius 2 is 2.05 bits per heavy atom. The van der Waals surface area contributed by atoms with Crippen molar-refractivity contribution in [2.24, 2.45) is 0 Å². The molecule has 2 aromatic heterocycles. The zero-order chi connectivity index (χ0) is 14.7. The fourth-order valence-electron chi connectivity index (χ4n) is 2.37. The Morgan fingerprint density at radius 1 is 1.24 bits per heavy atom. The minimum atomic E-state index is 0.0450. The van der Waals surface area contributed by atoms with Crippen LogP contribution < -0.4 is 10.2 Å². The van der Waals surface area contributed by atoms with Crippen LogP contribution in [0.2, 0.25) is 5.28 Å². The highest BCUT2D eigenvalue weighted by Crippen LogP contribution is 2.21. The van der Waals surface area contributed by atoms with Gasteiger partial charge in [0.1, 0.15) is 0 Å². The molecule has 0 bridgehead atoms. The maximum absolute atomic E-state index is 6.02. The number of halogens is 1. The van der Waals surface area contributed by atoms with Crippen LogP contribution >= 0.6 is 11.6 Å². The number of aromatic nitrogens is 4. The molecule has 1 fully saturated rings. The van der Waals surface area contributed by atoms with E-state index in [9.17, 15) is 0 Å². The number of nitrogens with zero attached hydrogens (tertiary/aromatic N) is 5. The molecule has 3 heterocycles. The smallest absolute Gasteiger partial charge is 0.231 e. The van der Waals surface area contributed by atoms with Gasteiger partial charge in [-0.05, 0) is 43.0 Å². The SMILES string of the molecule is CC(Nc1nc(Cl)nc(N2CCCC2)n1)c1cccnc1. The van der Waals surface area contributed by atoms with E-state index in [4.69, 9.17) is 11.6 Å². The van der Waals surface area contributed by atoms with E-state index in [1.165, 1.54) is 0 Å². The highest BCUT2D eigenvalue weighted by Gasteiger charge is 2.17. The first-order valence-electron chi connectivity index (χ1n) is 7.05. The Labute approximate surface area is 128 Å². The number of anilines is 2. The van der Waals surface area contributed by atoms with Crippen LogP contribution in [-0.2, 0) is 0 Å². The van der Waals surface area contributed by atoms with E-state index in [2.05, 4.69) is 30.2 Å². The molecule has 0 spiro atoms. The van der Waals surface area contributed by atoms with E-state index < -0.39 is 0 Å². The summed E-state index contributed by atoms with van der Waals surface area (Å²) in [5, 5.41) is 3.47. The molecule has 7 heteroatoms. The molecule has 2 aromatic rings. The number of pyridine rings is 1. The summed E-state index contributed by atoms with van der Waals surface area (Å²) in [6.07, 6.45) is 5.90. The van der Waals surface area contributed by atoms with Crippen molar-refractivity contribution in [2.75, 3.05) is 23.3 Å². The first kappa shape index (κ1) is 14.0. The first-order valence-corrected chi connectivity index (χ1v) is 7.43. The molecule has 1 N–H and O–H groups in total. The highest BCUT2D eigenvalue weighted by molar-refractivity contribution is 6.28. The van der Waals surface area contributed by atoms with Gasteiger partial charge in [-0.15, -0.1) is 0 Å². The highest BCUT2D eigenvalue weighted by atomic mass is 35.5. The molecule has 0 aromatic carbocycles. The summed E-state index contributed by atoms with van der Waals surface area (Å²) in [6, 6.07) is 3.96. The molecule has 0 saturated carbocycles. The maximum atomic E-state index is 6.02. The third-order valence-electron chi connectivity index (χ3n) is 3.52. The predicted octanol–water partition coefficient (Wildman–Crippen LogP) is 2.69. The van der Waals surface area contributed by atoms with E-state index in [1.807, 2.05) is 25.3 Å². The lowest BCUT2D eigenvalue weighted by Gasteiger charge is -2.18. The molecule has 0 amide bonds. The number of hydrogen-bond donors (Lipinski definition) is 1. The molecule has 1 atom stereocenters. The minimum absolute atomic E-state index is 0.0450. The summed E-state index contributed by atoms with van der Waals surface area (Å²) >= 11 is 6.02. The molecule has 110 valence electrons. The van der Waals surface area contributed by atoms with E-state index in [1.54, 1.807) is 6.20 Å². The largest absolute Gasteiger partial charge is 0.347 e. The Balaban J connectivity index is 1.78. The van der Waals surface area contributed by atoms with Crippen molar-refractivity contribution < 1.29 is 0 Å². The van der Waals surface area contributed by atoms with Crippen molar-refractivity contribution in [1.82, 2.24) is 19.9 Å². The van der Waals surface area contributed by atoms with Crippen LogP contribution in [0.3, 0.4) is 0 Å². The first-order chi connectivity index (χ1) is 10.2. The van der Waals surface area contributed by atoms with Crippen molar-refractivity contribution in [2.45, 2.75) is 25.8 Å². The van der Waals surface area contributed by atoms with Crippen molar-refractivity contribution in [3.63, 3.8) is 0 Å². The lowest BCUT2D eigenvalue weighted by Crippen LogP contribution is -2.22. The van der Waals surface area contributed by atoms with E-state index >= 15 is 0 Å².